The standard InChI is InChI=1S/C27H30N4O.C18H22N2O.C9H8Cl2N2.2C9H10N2O.2C9H8N2O.C6H8N2.C3H3Cl3O.C2H4O2.3CH4.Na/c1-19-7-4-11-26-29-23(17-30(19)26)18-31(20(2)21-12-14-24(32-3)15-13-21)25-10-5-8-22-9-6-16-28-27(22)25;1-13(14-8-10-16(21-2)11-9-14)20-17-7-3-5-15-6-4-12-19-18(15)17;1-6-3-2-4-8-12-7(9(10)11)5-13(6)8;4*1-7-3-2-4-9-10-8(6-12)5-11(7)9;1-5-3-2-4-6(7)8-5;4-1-2(7)3(5)6;1-2(3)4;;;;/h4,6-7,9,11-17,20,25H,5,8,10,18H2,1-3H3;4,6,8-13,17,20H,3,5,7H2,1-2H3;2-5,9H,1H3;2*2-5,12H,6H2,1H3;2*2-6H,1H3;2-4H,1H3,(H2,7,8);3H,1H2;1H3,(H,3,4);3*1H4;/q;;;;;;;;;;;;;+1/p-1/t20-,25-;13-,17-;;;;;;;;;;;;/m00............/s1. The number of halogens is 5. The van der Waals surface area contributed by atoms with Gasteiger partial charge in [-0.05, 0) is 251 Å². The summed E-state index contributed by atoms with van der Waals surface area (Å²) in [5.74, 6) is 0.816. The minimum absolute atomic E-state index is 0. The van der Waals surface area contributed by atoms with E-state index in [0.717, 1.165) is 137 Å². The summed E-state index contributed by atoms with van der Waals surface area (Å²) < 4.78 is 22.4. The number of nitrogens with two attached hydrogens (primary N) is 1. The van der Waals surface area contributed by atoms with Crippen LogP contribution < -0.4 is 55.2 Å². The van der Waals surface area contributed by atoms with Crippen molar-refractivity contribution in [3.63, 3.8) is 0 Å². The van der Waals surface area contributed by atoms with Crippen LogP contribution in [-0.4, -0.2) is 136 Å². The first kappa shape index (κ1) is 114. The number of methoxy groups -OCH3 is 2. The van der Waals surface area contributed by atoms with Gasteiger partial charge in [0.2, 0.25) is 0 Å². The third-order valence-electron chi connectivity index (χ3n) is 21.7. The van der Waals surface area contributed by atoms with Crippen LogP contribution in [0.3, 0.4) is 0 Å². The van der Waals surface area contributed by atoms with Crippen molar-refractivity contribution in [3.05, 3.63) is 357 Å². The number of hydrogen-bond donors (Lipinski definition) is 4. The fourth-order valence-corrected chi connectivity index (χ4v) is 15.6. The molecular formula is C104H122Cl5N18NaO9. The molecule has 17 aromatic rings. The maximum absolute atomic E-state index is 10.4. The quantitative estimate of drug-likeness (QED) is 0.0374. The number of imidazole rings is 6. The number of alkyl halides is 5. The Morgan fingerprint density at radius 1 is 0.496 bits per heavy atom. The number of carboxylic acids is 1. The summed E-state index contributed by atoms with van der Waals surface area (Å²) in [6.07, 6.45) is 23.5. The summed E-state index contributed by atoms with van der Waals surface area (Å²) in [5, 5.41) is 30.3. The van der Waals surface area contributed by atoms with Crippen LogP contribution in [0.25, 0.3) is 33.9 Å². The molecule has 137 heavy (non-hydrogen) atoms. The summed E-state index contributed by atoms with van der Waals surface area (Å²) >= 11 is 26.6. The van der Waals surface area contributed by atoms with Crippen molar-refractivity contribution in [3.8, 4) is 11.5 Å². The molecule has 15 aromatic heterocycles. The van der Waals surface area contributed by atoms with E-state index < -0.39 is 15.6 Å². The Morgan fingerprint density at radius 3 is 1.23 bits per heavy atom. The number of hydrogen-bond acceptors (Lipinski definition) is 21. The van der Waals surface area contributed by atoms with Gasteiger partial charge < -0.3 is 67.0 Å². The number of ether oxygens (including phenoxy) is 2. The first-order chi connectivity index (χ1) is 64.0. The molecule has 0 amide bonds. The second kappa shape index (κ2) is 56.8. The van der Waals surface area contributed by atoms with Gasteiger partial charge in [0, 0.05) is 114 Å². The Bertz CT molecular complexity index is 6460. The molecule has 0 aliphatic heterocycles. The minimum Gasteiger partial charge on any atom is -0.550 e. The van der Waals surface area contributed by atoms with Crippen molar-refractivity contribution in [2.24, 2.45) is 0 Å². The fourth-order valence-electron chi connectivity index (χ4n) is 14.9. The van der Waals surface area contributed by atoms with E-state index in [1.54, 1.807) is 32.7 Å². The molecule has 33 heteroatoms. The Hall–Kier alpha value is -11.8. The second-order valence-corrected chi connectivity index (χ2v) is 33.7. The van der Waals surface area contributed by atoms with Crippen LogP contribution in [0.15, 0.2) is 250 Å². The predicted octanol–water partition coefficient (Wildman–Crippen LogP) is 18.0. The van der Waals surface area contributed by atoms with Crippen molar-refractivity contribution in [1.29, 1.82) is 0 Å². The molecule has 0 spiro atoms. The number of aliphatic hydroxyl groups excluding tert-OH is 2. The molecule has 0 saturated heterocycles. The zero-order valence-corrected chi connectivity index (χ0v) is 83.0. The van der Waals surface area contributed by atoms with Crippen LogP contribution in [0.2, 0.25) is 0 Å². The summed E-state index contributed by atoms with van der Waals surface area (Å²) in [4.78, 5) is 80.1. The van der Waals surface area contributed by atoms with Gasteiger partial charge in [-0.2, -0.15) is 0 Å². The molecule has 2 aliphatic carbocycles. The molecule has 19 rings (SSSR count). The van der Waals surface area contributed by atoms with E-state index >= 15 is 0 Å². The number of fused-ring (bicyclic) bond motifs is 8. The largest absolute Gasteiger partial charge is 1.00 e. The number of ketones is 1. The van der Waals surface area contributed by atoms with E-state index in [4.69, 9.17) is 103 Å². The third-order valence-corrected chi connectivity index (χ3v) is 22.9. The Balaban J connectivity index is 0.000000244. The molecule has 0 fully saturated rings. The van der Waals surface area contributed by atoms with Crippen molar-refractivity contribution in [1.82, 2.24) is 81.5 Å². The molecule has 15 heterocycles. The molecule has 2 aromatic carbocycles. The molecule has 4 atom stereocenters. The van der Waals surface area contributed by atoms with Crippen molar-refractivity contribution < 1.29 is 73.5 Å². The van der Waals surface area contributed by atoms with Gasteiger partial charge in [-0.3, -0.25) is 29.3 Å². The Morgan fingerprint density at radius 2 is 0.869 bits per heavy atom. The second-order valence-electron chi connectivity index (χ2n) is 31.2. The normalized spacial score (nSPS) is 12.8. The third kappa shape index (κ3) is 32.7. The molecule has 0 bridgehead atoms. The number of benzene rings is 2. The number of nitrogen functional groups attached to an aromatic ring is 1. The summed E-state index contributed by atoms with van der Waals surface area (Å²) in [5.41, 5.74) is 30.2. The van der Waals surface area contributed by atoms with Crippen molar-refractivity contribution >= 4 is 122 Å². The number of rotatable bonds is 17. The van der Waals surface area contributed by atoms with E-state index in [1.807, 2.05) is 228 Å². The number of aromatic nitrogens is 15. The number of aldehydes is 2. The summed E-state index contributed by atoms with van der Waals surface area (Å²) in [6, 6.07) is 67.4. The van der Waals surface area contributed by atoms with Crippen LogP contribution in [0.4, 0.5) is 5.82 Å². The predicted molar refractivity (Wildman–Crippen MR) is 543 cm³/mol. The minimum atomic E-state index is -1.08. The first-order valence-corrected chi connectivity index (χ1v) is 45.3. The molecule has 0 unspecified atom stereocenters. The van der Waals surface area contributed by atoms with E-state index in [9.17, 15) is 14.4 Å². The number of aliphatic hydroxyl groups is 2. The van der Waals surface area contributed by atoms with Gasteiger partial charge >= 0.3 is 29.6 Å². The van der Waals surface area contributed by atoms with Gasteiger partial charge in [0.25, 0.3) is 0 Å². The Labute approximate surface area is 848 Å². The van der Waals surface area contributed by atoms with E-state index in [1.165, 1.54) is 52.2 Å². The van der Waals surface area contributed by atoms with Gasteiger partial charge in [-0.1, -0.05) is 148 Å². The number of aryl methyl sites for hydroxylation is 9. The van der Waals surface area contributed by atoms with E-state index in [-0.39, 0.29) is 88.8 Å². The number of nitrogens with one attached hydrogen (secondary N) is 1. The molecule has 718 valence electrons. The van der Waals surface area contributed by atoms with Gasteiger partial charge in [-0.25, -0.2) is 34.9 Å². The smallest absolute Gasteiger partial charge is 0.550 e. The number of carbonyl (C=O) groups is 4. The van der Waals surface area contributed by atoms with Gasteiger partial charge in [0.1, 0.15) is 62.6 Å². The molecule has 0 saturated carbocycles. The van der Waals surface area contributed by atoms with Crippen LogP contribution in [0, 0.1) is 48.5 Å². The number of anilines is 1. The number of pyridine rings is 9. The number of carboxylic acid groups (broad SMARTS) is 1. The summed E-state index contributed by atoms with van der Waals surface area (Å²) in [7, 11) is 3.40. The van der Waals surface area contributed by atoms with E-state index in [2.05, 4.69) is 137 Å². The monoisotopic (exact) mass is 1960 g/mol. The van der Waals surface area contributed by atoms with Crippen molar-refractivity contribution in [2.75, 3.05) is 25.8 Å². The SMILES string of the molecule is C.C.C.CC(=O)[O-].COc1ccc([C@H](C)N(Cc2cn3c(C)cccc3n2)[C@H]2CCCc3cccnc32)cc1.COc1ccc([C@H](C)N[C@H]2CCCc3cccnc32)cc1.Cc1cccc(N)n1.Cc1cccc2nc(C(Cl)Cl)cn12.Cc1cccc2nc(C=O)cn12.Cc1cccc2nc(C=O)cn12.Cc1cccc2nc(CO)cn12.Cc1cccc2nc(CO)cn12.O=C(CCl)C(Cl)Cl.[Na+]. The van der Waals surface area contributed by atoms with Gasteiger partial charge in [0.15, 0.2) is 28.0 Å². The fraction of sp³-hybridized carbons (Fsp3) is 0.298. The molecule has 0 radical (unpaired) electrons. The number of nitrogens with zero attached hydrogens (tertiary/aromatic N) is 16. The zero-order chi connectivity index (χ0) is 95.8. The van der Waals surface area contributed by atoms with Crippen LogP contribution in [0.1, 0.15) is 215 Å². The number of Topliss-reactive ketones (excluding diaryl/α,β-unsaturated/α-hetero) is 1. The first-order valence-electron chi connectivity index (χ1n) is 43.0. The van der Waals surface area contributed by atoms with Gasteiger partial charge in [-0.15, -0.1) is 11.6 Å². The number of carbonyl (C=O) groups excluding carboxylic acids is 4. The van der Waals surface area contributed by atoms with Gasteiger partial charge in [0.05, 0.1) is 79.6 Å². The van der Waals surface area contributed by atoms with Crippen molar-refractivity contribution in [2.45, 2.75) is 184 Å². The Kier molecular flexibility index (Phi) is 47.2. The van der Waals surface area contributed by atoms with E-state index in [0.29, 0.717) is 46.4 Å². The molecule has 5 N–H and O–H groups in total. The number of aliphatic carboxylic acids is 1. The van der Waals surface area contributed by atoms with Crippen LogP contribution in [-0.2, 0) is 42.2 Å². The topological polar surface area (TPSA) is 334 Å². The molecular weight excluding hydrogens is 1850 g/mol. The average molecular weight is 1970 g/mol. The maximum Gasteiger partial charge on any atom is 1.00 e. The molecule has 2 aliphatic rings. The molecule has 27 nitrogen and oxygen atoms in total. The summed E-state index contributed by atoms with van der Waals surface area (Å²) in [6.45, 7) is 20.3. The zero-order valence-electron chi connectivity index (χ0n) is 77.2. The average Bonchev–Trinajstić information content (AvgIpc) is 1.77. The van der Waals surface area contributed by atoms with Crippen LogP contribution in [0.5, 0.6) is 11.5 Å². The van der Waals surface area contributed by atoms with Crippen LogP contribution >= 0.6 is 58.0 Å². The maximum atomic E-state index is 10.4.